The van der Waals surface area contributed by atoms with E-state index in [-0.39, 0.29) is 36.3 Å². The number of aryl methyl sites for hydroxylation is 1. The molecule has 32 heavy (non-hydrogen) atoms. The second-order valence-electron chi connectivity index (χ2n) is 7.92. The third-order valence-corrected chi connectivity index (χ3v) is 5.37. The molecule has 10 heteroatoms. The summed E-state index contributed by atoms with van der Waals surface area (Å²) in [5.41, 5.74) is 1.55. The molecule has 9 nitrogen and oxygen atoms in total. The molecule has 0 spiro atoms. The van der Waals surface area contributed by atoms with Crippen molar-refractivity contribution in [1.29, 1.82) is 0 Å². The lowest BCUT2D eigenvalue weighted by Gasteiger charge is -2.27. The minimum atomic E-state index is -0.315. The summed E-state index contributed by atoms with van der Waals surface area (Å²) in [6, 6.07) is 4.69. The van der Waals surface area contributed by atoms with Crippen LogP contribution < -0.4 is 21.1 Å². The van der Waals surface area contributed by atoms with Crippen LogP contribution in [0.5, 0.6) is 0 Å². The lowest BCUT2D eigenvalue weighted by atomic mass is 10.1. The third kappa shape index (κ3) is 6.08. The monoisotopic (exact) mass is 461 g/mol. The van der Waals surface area contributed by atoms with Crippen molar-refractivity contribution < 1.29 is 14.3 Å². The van der Waals surface area contributed by atoms with Crippen LogP contribution in [0.25, 0.3) is 0 Å². The molecule has 3 N–H and O–H groups in total. The molecule has 1 saturated heterocycles. The highest BCUT2D eigenvalue weighted by atomic mass is 35.5. The molecular formula is C22H28ClN5O4. The highest BCUT2D eigenvalue weighted by Gasteiger charge is 2.17. The molecule has 0 radical (unpaired) electrons. The lowest BCUT2D eigenvalue weighted by Crippen LogP contribution is -2.38. The van der Waals surface area contributed by atoms with Gasteiger partial charge in [0.2, 0.25) is 11.9 Å². The summed E-state index contributed by atoms with van der Waals surface area (Å²) in [4.78, 5) is 46.6. The van der Waals surface area contributed by atoms with Gasteiger partial charge in [-0.2, -0.15) is 0 Å². The number of ether oxygens (including phenoxy) is 1. The second-order valence-corrected chi connectivity index (χ2v) is 8.33. The molecule has 172 valence electrons. The molecule has 0 bridgehead atoms. The summed E-state index contributed by atoms with van der Waals surface area (Å²) in [6.45, 7) is 8.00. The fraction of sp³-hybridized carbons (Fsp3) is 0.455. The smallest absolute Gasteiger partial charge is 0.255 e. The Morgan fingerprint density at radius 1 is 1.28 bits per heavy atom. The van der Waals surface area contributed by atoms with Crippen molar-refractivity contribution >= 4 is 35.1 Å². The Bertz CT molecular complexity index is 1050. The lowest BCUT2D eigenvalue weighted by molar-refractivity contribution is -0.116. The number of aromatic amines is 1. The first-order valence-corrected chi connectivity index (χ1v) is 10.9. The van der Waals surface area contributed by atoms with E-state index in [1.165, 1.54) is 6.07 Å². The first-order chi connectivity index (χ1) is 15.2. The zero-order valence-corrected chi connectivity index (χ0v) is 19.2. The van der Waals surface area contributed by atoms with E-state index in [1.807, 2.05) is 18.7 Å². The maximum absolute atomic E-state index is 12.6. The van der Waals surface area contributed by atoms with Crippen LogP contribution in [0.1, 0.15) is 41.9 Å². The number of H-pyrrole nitrogens is 1. The summed E-state index contributed by atoms with van der Waals surface area (Å²) in [7, 11) is 0. The molecular weight excluding hydrogens is 434 g/mol. The minimum absolute atomic E-state index is 0.0132. The Labute approximate surface area is 191 Å². The highest BCUT2D eigenvalue weighted by molar-refractivity contribution is 6.33. The zero-order valence-electron chi connectivity index (χ0n) is 18.5. The van der Waals surface area contributed by atoms with E-state index in [4.69, 9.17) is 16.3 Å². The van der Waals surface area contributed by atoms with Crippen molar-refractivity contribution in [2.45, 2.75) is 39.7 Å². The topological polar surface area (TPSA) is 116 Å². The largest absolute Gasteiger partial charge is 0.378 e. The number of carbonyl (C=O) groups excluding carboxylic acids is 2. The molecule has 3 rings (SSSR count). The predicted octanol–water partition coefficient (Wildman–Crippen LogP) is 2.28. The van der Waals surface area contributed by atoms with Gasteiger partial charge in [0.25, 0.3) is 11.5 Å². The Morgan fingerprint density at radius 2 is 2.00 bits per heavy atom. The molecule has 1 fully saturated rings. The standard InChI is InChI=1S/C22H28ClN5O4/c1-13(2)24-20(30)15-4-6-17(23)18(12-15)26-19(29)7-5-16-14(3)25-22(27-21(16)31)28-8-10-32-11-9-28/h4,6,12-13H,5,7-11H2,1-3H3,(H,24,30)(H,26,29)(H,25,27,31). The predicted molar refractivity (Wildman–Crippen MR) is 124 cm³/mol. The van der Waals surface area contributed by atoms with Gasteiger partial charge in [-0.25, -0.2) is 4.98 Å². The summed E-state index contributed by atoms with van der Waals surface area (Å²) in [5, 5.41) is 5.85. The molecule has 1 aliphatic rings. The fourth-order valence-electron chi connectivity index (χ4n) is 3.37. The number of hydrogen-bond acceptors (Lipinski definition) is 6. The molecule has 1 aromatic carbocycles. The quantitative estimate of drug-likeness (QED) is 0.582. The van der Waals surface area contributed by atoms with Crippen molar-refractivity contribution in [3.05, 3.63) is 50.4 Å². The number of aromatic nitrogens is 2. The molecule has 0 unspecified atom stereocenters. The van der Waals surface area contributed by atoms with Crippen LogP contribution in [0.3, 0.4) is 0 Å². The average Bonchev–Trinajstić information content (AvgIpc) is 2.74. The van der Waals surface area contributed by atoms with Gasteiger partial charge in [-0.05, 0) is 45.4 Å². The van der Waals surface area contributed by atoms with E-state index in [0.29, 0.717) is 59.8 Å². The SMILES string of the molecule is Cc1nc(N2CCOCC2)[nH]c(=O)c1CCC(=O)Nc1cc(C(=O)NC(C)C)ccc1Cl. The maximum Gasteiger partial charge on any atom is 0.255 e. The number of morpholine rings is 1. The first-order valence-electron chi connectivity index (χ1n) is 10.6. The number of carbonyl (C=O) groups is 2. The van der Waals surface area contributed by atoms with Crippen LogP contribution in [-0.4, -0.2) is 54.1 Å². The van der Waals surface area contributed by atoms with Crippen molar-refractivity contribution in [3.8, 4) is 0 Å². The van der Waals surface area contributed by atoms with Crippen LogP contribution in [0.2, 0.25) is 5.02 Å². The average molecular weight is 462 g/mol. The van der Waals surface area contributed by atoms with Crippen molar-refractivity contribution in [2.75, 3.05) is 36.5 Å². The molecule has 1 aromatic heterocycles. The molecule has 0 atom stereocenters. The number of rotatable bonds is 7. The number of benzene rings is 1. The van der Waals surface area contributed by atoms with E-state index in [1.54, 1.807) is 19.1 Å². The summed E-state index contributed by atoms with van der Waals surface area (Å²) < 4.78 is 5.33. The van der Waals surface area contributed by atoms with E-state index >= 15 is 0 Å². The molecule has 2 amide bonds. The van der Waals surface area contributed by atoms with Crippen LogP contribution >= 0.6 is 11.6 Å². The van der Waals surface area contributed by atoms with Crippen LogP contribution in [0, 0.1) is 6.92 Å². The molecule has 0 saturated carbocycles. The van der Waals surface area contributed by atoms with Gasteiger partial charge < -0.3 is 20.3 Å². The normalized spacial score (nSPS) is 13.8. The van der Waals surface area contributed by atoms with E-state index in [0.717, 1.165) is 0 Å². The van der Waals surface area contributed by atoms with Gasteiger partial charge in [0.15, 0.2) is 0 Å². The molecule has 1 aliphatic heterocycles. The van der Waals surface area contributed by atoms with Gasteiger partial charge in [-0.15, -0.1) is 0 Å². The van der Waals surface area contributed by atoms with E-state index < -0.39 is 0 Å². The van der Waals surface area contributed by atoms with E-state index in [2.05, 4.69) is 20.6 Å². The highest BCUT2D eigenvalue weighted by Crippen LogP contribution is 2.23. The van der Waals surface area contributed by atoms with Gasteiger partial charge in [-0.3, -0.25) is 19.4 Å². The van der Waals surface area contributed by atoms with Gasteiger partial charge >= 0.3 is 0 Å². The van der Waals surface area contributed by atoms with Crippen LogP contribution in [-0.2, 0) is 16.0 Å². The Hall–Kier alpha value is -2.91. The molecule has 0 aliphatic carbocycles. The van der Waals surface area contributed by atoms with Crippen molar-refractivity contribution in [2.24, 2.45) is 0 Å². The number of nitrogens with zero attached hydrogens (tertiary/aromatic N) is 2. The minimum Gasteiger partial charge on any atom is -0.378 e. The maximum atomic E-state index is 12.6. The number of nitrogens with one attached hydrogen (secondary N) is 3. The number of anilines is 2. The van der Waals surface area contributed by atoms with E-state index in [9.17, 15) is 14.4 Å². The number of hydrogen-bond donors (Lipinski definition) is 3. The van der Waals surface area contributed by atoms with Crippen molar-refractivity contribution in [3.63, 3.8) is 0 Å². The number of halogens is 1. The fourth-order valence-corrected chi connectivity index (χ4v) is 3.54. The van der Waals surface area contributed by atoms with Gasteiger partial charge in [0, 0.05) is 42.4 Å². The summed E-state index contributed by atoms with van der Waals surface area (Å²) in [6.07, 6.45) is 0.301. The summed E-state index contributed by atoms with van der Waals surface area (Å²) in [5.74, 6) is -0.0441. The Balaban J connectivity index is 1.65. The Morgan fingerprint density at radius 3 is 2.66 bits per heavy atom. The molecule has 2 heterocycles. The summed E-state index contributed by atoms with van der Waals surface area (Å²) >= 11 is 6.18. The van der Waals surface area contributed by atoms with Gasteiger partial charge in [-0.1, -0.05) is 11.6 Å². The van der Waals surface area contributed by atoms with Crippen LogP contribution in [0.4, 0.5) is 11.6 Å². The molecule has 2 aromatic rings. The van der Waals surface area contributed by atoms with Crippen LogP contribution in [0.15, 0.2) is 23.0 Å². The number of amides is 2. The zero-order chi connectivity index (χ0) is 23.3. The Kier molecular flexibility index (Phi) is 7.87. The second kappa shape index (κ2) is 10.6. The van der Waals surface area contributed by atoms with Gasteiger partial charge in [0.1, 0.15) is 0 Å². The first kappa shape index (κ1) is 23.7. The third-order valence-electron chi connectivity index (χ3n) is 5.04. The van der Waals surface area contributed by atoms with Gasteiger partial charge in [0.05, 0.1) is 23.9 Å². The van der Waals surface area contributed by atoms with Crippen molar-refractivity contribution in [1.82, 2.24) is 15.3 Å².